The molecule has 0 unspecified atom stereocenters. The number of anilines is 1. The van der Waals surface area contributed by atoms with Gasteiger partial charge in [0.1, 0.15) is 0 Å². The molecule has 0 aromatic carbocycles. The van der Waals surface area contributed by atoms with Gasteiger partial charge in [0.05, 0.1) is 4.21 Å². The predicted octanol–water partition coefficient (Wildman–Crippen LogP) is 3.59. The Hall–Kier alpha value is -0.190. The lowest BCUT2D eigenvalue weighted by Gasteiger charge is -2.24. The first kappa shape index (κ1) is 11.3. The Kier molecular flexibility index (Phi) is 3.94. The van der Waals surface area contributed by atoms with Crippen LogP contribution in [-0.2, 0) is 0 Å². The van der Waals surface area contributed by atoms with Crippen molar-refractivity contribution in [2.24, 2.45) is 0 Å². The molecule has 2 heterocycles. The normalized spacial score (nSPS) is 18.0. The number of nitrogens with one attached hydrogen (secondary N) is 1. The molecule has 1 aliphatic heterocycles. The van der Waals surface area contributed by atoms with Gasteiger partial charge in [-0.1, -0.05) is 6.42 Å². The van der Waals surface area contributed by atoms with E-state index in [1.165, 1.54) is 47.1 Å². The number of rotatable bonds is 3. The summed E-state index contributed by atoms with van der Waals surface area (Å²) in [6, 6.07) is 2.26. The zero-order valence-electron chi connectivity index (χ0n) is 9.38. The monoisotopic (exact) mass is 242 g/mol. The van der Waals surface area contributed by atoms with Crippen LogP contribution in [-0.4, -0.2) is 24.4 Å². The summed E-state index contributed by atoms with van der Waals surface area (Å²) in [6.07, 6.45) is 4.12. The van der Waals surface area contributed by atoms with E-state index in [1.807, 2.05) is 30.3 Å². The van der Waals surface area contributed by atoms with Gasteiger partial charge in [0.25, 0.3) is 0 Å². The van der Waals surface area contributed by atoms with Gasteiger partial charge < -0.3 is 5.32 Å². The summed E-state index contributed by atoms with van der Waals surface area (Å²) in [4.78, 5) is 1.39. The van der Waals surface area contributed by atoms with E-state index in [0.29, 0.717) is 0 Å². The van der Waals surface area contributed by atoms with Gasteiger partial charge in [0.2, 0.25) is 0 Å². The largest absolute Gasteiger partial charge is 0.387 e. The Balaban J connectivity index is 1.97. The molecular weight excluding hydrogens is 224 g/mol. The molecule has 1 aromatic heterocycles. The van der Waals surface area contributed by atoms with Crippen LogP contribution < -0.4 is 5.32 Å². The van der Waals surface area contributed by atoms with Gasteiger partial charge in [-0.15, -0.1) is 11.3 Å². The lowest BCUT2D eigenvalue weighted by Crippen LogP contribution is -2.22. The van der Waals surface area contributed by atoms with E-state index in [4.69, 9.17) is 0 Å². The van der Waals surface area contributed by atoms with Crippen LogP contribution in [0.4, 0.5) is 5.69 Å². The molecule has 0 saturated carbocycles. The number of nitrogens with zero attached hydrogens (tertiary/aromatic N) is 1. The average Bonchev–Trinajstić information content (AvgIpc) is 2.60. The van der Waals surface area contributed by atoms with Crippen molar-refractivity contribution in [3.05, 3.63) is 10.9 Å². The maximum atomic E-state index is 3.23. The zero-order valence-corrected chi connectivity index (χ0v) is 11.0. The van der Waals surface area contributed by atoms with Crippen molar-refractivity contribution in [1.29, 1.82) is 0 Å². The highest BCUT2D eigenvalue weighted by atomic mass is 32.2. The Bertz CT molecular complexity index is 316. The molecule has 0 aliphatic carbocycles. The molecule has 2 nitrogen and oxygen atoms in total. The van der Waals surface area contributed by atoms with Gasteiger partial charge in [-0.2, -0.15) is 0 Å². The summed E-state index contributed by atoms with van der Waals surface area (Å²) < 4.78 is 3.91. The highest BCUT2D eigenvalue weighted by Crippen LogP contribution is 2.36. The van der Waals surface area contributed by atoms with E-state index in [9.17, 15) is 0 Å². The standard InChI is InChI=1S/C11H18N2S2/c1-9-10(12-2)8-11(14-9)15-13-6-4-3-5-7-13/h8,12H,3-7H2,1-2H3. The SMILES string of the molecule is CNc1cc(SN2CCCCC2)sc1C. The molecule has 1 aromatic rings. The van der Waals surface area contributed by atoms with E-state index in [-0.39, 0.29) is 0 Å². The Labute approximate surface area is 100 Å². The van der Waals surface area contributed by atoms with Crippen LogP contribution in [0.25, 0.3) is 0 Å². The fourth-order valence-corrected chi connectivity index (χ4v) is 4.29. The fourth-order valence-electron chi connectivity index (χ4n) is 1.83. The number of aryl methyl sites for hydroxylation is 1. The minimum Gasteiger partial charge on any atom is -0.387 e. The van der Waals surface area contributed by atoms with Crippen molar-refractivity contribution in [2.75, 3.05) is 25.5 Å². The van der Waals surface area contributed by atoms with Crippen molar-refractivity contribution in [1.82, 2.24) is 4.31 Å². The molecule has 1 aliphatic rings. The number of hydrogen-bond acceptors (Lipinski definition) is 4. The van der Waals surface area contributed by atoms with Crippen LogP contribution in [0, 0.1) is 6.92 Å². The summed E-state index contributed by atoms with van der Waals surface area (Å²) in [5.41, 5.74) is 1.28. The van der Waals surface area contributed by atoms with Gasteiger partial charge in [-0.25, -0.2) is 4.31 Å². The van der Waals surface area contributed by atoms with E-state index in [2.05, 4.69) is 22.6 Å². The molecule has 15 heavy (non-hydrogen) atoms. The smallest absolute Gasteiger partial charge is 0.0777 e. The van der Waals surface area contributed by atoms with Gasteiger partial charge >= 0.3 is 0 Å². The second-order valence-electron chi connectivity index (χ2n) is 3.87. The molecule has 1 N–H and O–H groups in total. The van der Waals surface area contributed by atoms with Crippen LogP contribution in [0.5, 0.6) is 0 Å². The van der Waals surface area contributed by atoms with Crippen molar-refractivity contribution in [3.63, 3.8) is 0 Å². The number of hydrogen-bond donors (Lipinski definition) is 1. The van der Waals surface area contributed by atoms with E-state index >= 15 is 0 Å². The van der Waals surface area contributed by atoms with Gasteiger partial charge in [0, 0.05) is 30.7 Å². The maximum absolute atomic E-state index is 3.23. The predicted molar refractivity (Wildman–Crippen MR) is 69.9 cm³/mol. The summed E-state index contributed by atoms with van der Waals surface area (Å²) in [6.45, 7) is 4.67. The third-order valence-corrected chi connectivity index (χ3v) is 4.94. The molecule has 1 fully saturated rings. The topological polar surface area (TPSA) is 15.3 Å². The Morgan fingerprint density at radius 2 is 2.07 bits per heavy atom. The summed E-state index contributed by atoms with van der Waals surface area (Å²) in [5.74, 6) is 0. The van der Waals surface area contributed by atoms with E-state index < -0.39 is 0 Å². The minimum absolute atomic E-state index is 1.25. The van der Waals surface area contributed by atoms with E-state index in [1.54, 1.807) is 0 Å². The second-order valence-corrected chi connectivity index (χ2v) is 6.52. The number of piperidine rings is 1. The summed E-state index contributed by atoms with van der Waals surface area (Å²) in [5, 5.41) is 3.23. The molecule has 0 spiro atoms. The Morgan fingerprint density at radius 3 is 2.67 bits per heavy atom. The summed E-state index contributed by atoms with van der Waals surface area (Å²) in [7, 11) is 1.99. The molecule has 1 saturated heterocycles. The molecule has 0 amide bonds. The highest BCUT2D eigenvalue weighted by molar-refractivity contribution is 7.99. The fraction of sp³-hybridized carbons (Fsp3) is 0.636. The molecule has 2 rings (SSSR count). The maximum Gasteiger partial charge on any atom is 0.0777 e. The average molecular weight is 242 g/mol. The van der Waals surface area contributed by atoms with Crippen molar-refractivity contribution >= 4 is 29.0 Å². The molecular formula is C11H18N2S2. The van der Waals surface area contributed by atoms with Crippen LogP contribution in [0.15, 0.2) is 10.3 Å². The van der Waals surface area contributed by atoms with Crippen molar-refractivity contribution < 1.29 is 0 Å². The summed E-state index contributed by atoms with van der Waals surface area (Å²) >= 11 is 3.82. The van der Waals surface area contributed by atoms with Gasteiger partial charge in [0.15, 0.2) is 0 Å². The van der Waals surface area contributed by atoms with Crippen molar-refractivity contribution in [3.8, 4) is 0 Å². The van der Waals surface area contributed by atoms with Crippen molar-refractivity contribution in [2.45, 2.75) is 30.4 Å². The molecule has 0 bridgehead atoms. The van der Waals surface area contributed by atoms with E-state index in [0.717, 1.165) is 0 Å². The zero-order chi connectivity index (χ0) is 10.7. The second kappa shape index (κ2) is 5.23. The van der Waals surface area contributed by atoms with Crippen LogP contribution in [0.1, 0.15) is 24.1 Å². The first-order valence-electron chi connectivity index (χ1n) is 5.50. The number of thiophene rings is 1. The quantitative estimate of drug-likeness (QED) is 0.815. The molecule has 0 radical (unpaired) electrons. The Morgan fingerprint density at radius 1 is 1.33 bits per heavy atom. The molecule has 84 valence electrons. The van der Waals surface area contributed by atoms with Crippen LogP contribution in [0.2, 0.25) is 0 Å². The first-order valence-corrected chi connectivity index (χ1v) is 7.09. The minimum atomic E-state index is 1.25. The third kappa shape index (κ3) is 2.89. The van der Waals surface area contributed by atoms with Crippen LogP contribution >= 0.6 is 23.3 Å². The third-order valence-electron chi connectivity index (χ3n) is 2.70. The first-order chi connectivity index (χ1) is 7.29. The lowest BCUT2D eigenvalue weighted by molar-refractivity contribution is 0.381. The molecule has 0 atom stereocenters. The van der Waals surface area contributed by atoms with Crippen LogP contribution in [0.3, 0.4) is 0 Å². The van der Waals surface area contributed by atoms with Gasteiger partial charge in [-0.3, -0.25) is 0 Å². The lowest BCUT2D eigenvalue weighted by atomic mass is 10.2. The van der Waals surface area contributed by atoms with Gasteiger partial charge in [-0.05, 0) is 37.8 Å². The molecule has 4 heteroatoms. The highest BCUT2D eigenvalue weighted by Gasteiger charge is 2.13.